The summed E-state index contributed by atoms with van der Waals surface area (Å²) in [4.78, 5) is 4.19. The molecule has 2 aromatic rings. The van der Waals surface area contributed by atoms with E-state index in [1.165, 1.54) is 27.8 Å². The predicted octanol–water partition coefficient (Wildman–Crippen LogP) is 7.76. The molecule has 0 unspecified atom stereocenters. The number of nitrogens with zero attached hydrogens (tertiary/aromatic N) is 1. The van der Waals surface area contributed by atoms with E-state index >= 15 is 0 Å². The molecule has 28 heavy (non-hydrogen) atoms. The van der Waals surface area contributed by atoms with E-state index in [4.69, 9.17) is 6.57 Å². The van der Waals surface area contributed by atoms with Gasteiger partial charge >= 0.3 is 5.70 Å². The summed E-state index contributed by atoms with van der Waals surface area (Å²) in [6.45, 7) is 12.1. The van der Waals surface area contributed by atoms with Crippen molar-refractivity contribution in [1.29, 1.82) is 0 Å². The van der Waals surface area contributed by atoms with Crippen molar-refractivity contribution in [3.05, 3.63) is 116 Å². The number of hydrogen-bond acceptors (Lipinski definition) is 0. The van der Waals surface area contributed by atoms with Crippen LogP contribution in [-0.4, -0.2) is 0 Å². The van der Waals surface area contributed by atoms with E-state index in [0.717, 1.165) is 41.4 Å². The molecule has 0 aromatic heterocycles. The van der Waals surface area contributed by atoms with Gasteiger partial charge in [0.25, 0.3) is 6.57 Å². The Labute approximate surface area is 176 Å². The number of halogens is 1. The van der Waals surface area contributed by atoms with E-state index in [9.17, 15) is 0 Å². The summed E-state index contributed by atoms with van der Waals surface area (Å²) in [7, 11) is 0. The molecule has 0 spiro atoms. The molecule has 1 aliphatic carbocycles. The van der Waals surface area contributed by atoms with Crippen LogP contribution < -0.4 is 0 Å². The van der Waals surface area contributed by atoms with Crippen molar-refractivity contribution in [1.82, 2.24) is 0 Å². The minimum atomic E-state index is 0.822. The van der Waals surface area contributed by atoms with Crippen LogP contribution in [0.3, 0.4) is 0 Å². The number of allylic oxidation sites excluding steroid dienone is 6. The molecule has 0 heterocycles. The molecule has 2 heteroatoms. The zero-order chi connectivity index (χ0) is 19.9. The maximum atomic E-state index is 5.85. The monoisotopic (exact) mass is 430 g/mol. The second-order valence-corrected chi connectivity index (χ2v) is 7.96. The predicted molar refractivity (Wildman–Crippen MR) is 124 cm³/mol. The molecule has 0 saturated heterocycles. The molecule has 1 nitrogen and oxygen atoms in total. The number of hydrogen-bond donors (Lipinski definition) is 0. The Morgan fingerprint density at radius 1 is 1.04 bits per heavy atom. The molecule has 0 N–H and O–H groups in total. The molecule has 0 amide bonds. The summed E-state index contributed by atoms with van der Waals surface area (Å²) in [6, 6.07) is 17.1. The van der Waals surface area contributed by atoms with Gasteiger partial charge in [0, 0.05) is 28.5 Å². The first-order chi connectivity index (χ1) is 13.6. The van der Waals surface area contributed by atoms with Crippen LogP contribution in [0.25, 0.3) is 10.4 Å². The molecule has 140 valence electrons. The van der Waals surface area contributed by atoms with Gasteiger partial charge in [0.05, 0.1) is 0 Å². The molecule has 3 rings (SSSR count). The lowest BCUT2D eigenvalue weighted by molar-refractivity contribution is 1.01. The van der Waals surface area contributed by atoms with Gasteiger partial charge in [-0.3, -0.25) is 0 Å². The molecule has 0 fully saturated rings. The average molecular weight is 431 g/mol. The van der Waals surface area contributed by atoms with Crippen LogP contribution in [0.1, 0.15) is 36.5 Å². The van der Waals surface area contributed by atoms with E-state index in [0.29, 0.717) is 0 Å². The Balaban J connectivity index is 1.93. The summed E-state index contributed by atoms with van der Waals surface area (Å²) in [6.07, 6.45) is 9.82. The van der Waals surface area contributed by atoms with Crippen LogP contribution in [0.5, 0.6) is 0 Å². The summed E-state index contributed by atoms with van der Waals surface area (Å²) in [5.74, 6) is 0. The summed E-state index contributed by atoms with van der Waals surface area (Å²) >= 11 is 3.51. The maximum absolute atomic E-state index is 5.85. The molecule has 1 aliphatic rings. The minimum Gasteiger partial charge on any atom is -0.0952 e. The molecule has 0 bridgehead atoms. The highest BCUT2D eigenvalue weighted by Gasteiger charge is 2.22. The smallest absolute Gasteiger partial charge is 0.0952 e. The van der Waals surface area contributed by atoms with Crippen LogP contribution in [0, 0.1) is 6.57 Å². The van der Waals surface area contributed by atoms with Gasteiger partial charge in [-0.1, -0.05) is 84.1 Å². The van der Waals surface area contributed by atoms with Crippen molar-refractivity contribution < 1.29 is 0 Å². The van der Waals surface area contributed by atoms with E-state index in [2.05, 4.69) is 101 Å². The molecule has 0 saturated carbocycles. The molecule has 2 aromatic carbocycles. The summed E-state index contributed by atoms with van der Waals surface area (Å²) < 4.78 is 1.08. The zero-order valence-corrected chi connectivity index (χ0v) is 17.9. The normalized spacial score (nSPS) is 13.7. The highest BCUT2D eigenvalue weighted by molar-refractivity contribution is 9.10. The molecular formula is C26H25BrN+. The summed E-state index contributed by atoms with van der Waals surface area (Å²) in [5, 5.41) is 0. The van der Waals surface area contributed by atoms with Crippen LogP contribution in [0.2, 0.25) is 0 Å². The molecule has 0 radical (unpaired) electrons. The third kappa shape index (κ3) is 5.00. The standard InChI is InChI=1S/C26H25BrN/c1-4-19(2)22-13-9-20(10-14-22)17-24(18-21-11-15-25(27)16-12-21)26(28-3)23-7-5-6-8-23/h3,5-7,9-16H,2,4,8,17-18H2,1H3/q+1/b26-24+. The van der Waals surface area contributed by atoms with Crippen LogP contribution in [-0.2, 0) is 12.8 Å². The fourth-order valence-corrected chi connectivity index (χ4v) is 3.68. The van der Waals surface area contributed by atoms with Gasteiger partial charge in [-0.05, 0) is 52.1 Å². The van der Waals surface area contributed by atoms with Gasteiger partial charge in [0.1, 0.15) is 0 Å². The lowest BCUT2D eigenvalue weighted by atomic mass is 9.93. The first kappa shape index (κ1) is 20.1. The maximum Gasteiger partial charge on any atom is 0.343 e. The Kier molecular flexibility index (Phi) is 6.85. The lowest BCUT2D eigenvalue weighted by Gasteiger charge is -2.09. The van der Waals surface area contributed by atoms with E-state index in [1.54, 1.807) is 0 Å². The van der Waals surface area contributed by atoms with E-state index < -0.39 is 0 Å². The van der Waals surface area contributed by atoms with Gasteiger partial charge < -0.3 is 0 Å². The van der Waals surface area contributed by atoms with Crippen LogP contribution >= 0.6 is 15.9 Å². The van der Waals surface area contributed by atoms with Gasteiger partial charge in [-0.25, -0.2) is 0 Å². The van der Waals surface area contributed by atoms with Crippen molar-refractivity contribution in [2.45, 2.75) is 32.6 Å². The Morgan fingerprint density at radius 3 is 2.14 bits per heavy atom. The lowest BCUT2D eigenvalue weighted by Crippen LogP contribution is -2.01. The largest absolute Gasteiger partial charge is 0.343 e. The average Bonchev–Trinajstić information content (AvgIpc) is 3.24. The van der Waals surface area contributed by atoms with Crippen LogP contribution in [0.15, 0.2) is 94.7 Å². The first-order valence-corrected chi connectivity index (χ1v) is 10.4. The second kappa shape index (κ2) is 9.53. The third-order valence-electron chi connectivity index (χ3n) is 5.08. The van der Waals surface area contributed by atoms with E-state index in [1.807, 2.05) is 0 Å². The molecular weight excluding hydrogens is 406 g/mol. The van der Waals surface area contributed by atoms with E-state index in [-0.39, 0.29) is 0 Å². The SMILES string of the molecule is C#[N+]/C(C1=CC=CC1)=C(/Cc1ccc(Br)cc1)Cc1ccc(C(=C)CC)cc1. The van der Waals surface area contributed by atoms with Gasteiger partial charge in [0.2, 0.25) is 0 Å². The van der Waals surface area contributed by atoms with Crippen molar-refractivity contribution >= 4 is 21.5 Å². The van der Waals surface area contributed by atoms with Crippen molar-refractivity contribution in [3.8, 4) is 6.57 Å². The molecule has 0 aliphatic heterocycles. The van der Waals surface area contributed by atoms with Gasteiger partial charge in [-0.2, -0.15) is 0 Å². The summed E-state index contributed by atoms with van der Waals surface area (Å²) in [5.41, 5.74) is 8.23. The topological polar surface area (TPSA) is 4.36 Å². The quantitative estimate of drug-likeness (QED) is 0.422. The first-order valence-electron chi connectivity index (χ1n) is 9.61. The zero-order valence-electron chi connectivity index (χ0n) is 16.3. The highest BCUT2D eigenvalue weighted by Crippen LogP contribution is 2.29. The highest BCUT2D eigenvalue weighted by atomic mass is 79.9. The Morgan fingerprint density at radius 2 is 1.64 bits per heavy atom. The van der Waals surface area contributed by atoms with Crippen LogP contribution in [0.4, 0.5) is 0 Å². The Bertz CT molecular complexity index is 980. The molecule has 0 atom stereocenters. The Hall–Kier alpha value is -2.63. The fraction of sp³-hybridized carbons (Fsp3) is 0.192. The second-order valence-electron chi connectivity index (χ2n) is 7.04. The van der Waals surface area contributed by atoms with Gasteiger partial charge in [0.15, 0.2) is 0 Å². The van der Waals surface area contributed by atoms with Crippen molar-refractivity contribution in [3.63, 3.8) is 0 Å². The fourth-order valence-electron chi connectivity index (χ4n) is 3.41. The minimum absolute atomic E-state index is 0.822. The number of benzene rings is 2. The third-order valence-corrected chi connectivity index (χ3v) is 5.61. The van der Waals surface area contributed by atoms with Crippen molar-refractivity contribution in [2.75, 3.05) is 0 Å². The number of rotatable bonds is 7. The van der Waals surface area contributed by atoms with Gasteiger partial charge in [-0.15, -0.1) is 0 Å². The van der Waals surface area contributed by atoms with Crippen molar-refractivity contribution in [2.24, 2.45) is 0 Å².